The van der Waals surface area contributed by atoms with Gasteiger partial charge in [0.05, 0.1) is 12.2 Å². The third-order valence-electron chi connectivity index (χ3n) is 3.25. The Hall–Kier alpha value is -2.17. The zero-order chi connectivity index (χ0) is 16.4. The number of hydrogen-bond acceptors (Lipinski definition) is 5. The number of carbonyl (C=O) groups is 1. The van der Waals surface area contributed by atoms with E-state index < -0.39 is 5.97 Å². The van der Waals surface area contributed by atoms with E-state index in [9.17, 15) is 20.1 Å². The van der Waals surface area contributed by atoms with Crippen LogP contribution in [0.3, 0.4) is 0 Å². The molecule has 0 fully saturated rings. The number of phenolic OH excluding ortho intramolecular Hbond substituents is 3. The Morgan fingerprint density at radius 1 is 1.05 bits per heavy atom. The van der Waals surface area contributed by atoms with Gasteiger partial charge in [-0.15, -0.1) is 0 Å². The topological polar surface area (TPSA) is 87.0 Å². The molecule has 0 amide bonds. The summed E-state index contributed by atoms with van der Waals surface area (Å²) in [7, 11) is 0. The predicted octanol–water partition coefficient (Wildman–Crippen LogP) is 3.72. The lowest BCUT2D eigenvalue weighted by atomic mass is 10.1. The lowest BCUT2D eigenvalue weighted by molar-refractivity contribution is -0.137. The van der Waals surface area contributed by atoms with Gasteiger partial charge in [0.2, 0.25) is 0 Å². The second kappa shape index (κ2) is 9.71. The first kappa shape index (κ1) is 17.9. The molecule has 0 radical (unpaired) electrons. The number of aromatic hydroxyl groups is 3. The first-order valence-electron chi connectivity index (χ1n) is 7.64. The van der Waals surface area contributed by atoms with Gasteiger partial charge in [-0.05, 0) is 12.5 Å². The number of esters is 1. The first-order chi connectivity index (χ1) is 10.5. The Morgan fingerprint density at radius 2 is 1.64 bits per heavy atom. The molecule has 1 aromatic rings. The highest BCUT2D eigenvalue weighted by molar-refractivity contribution is 5.88. The highest BCUT2D eigenvalue weighted by Gasteiger charge is 2.07. The van der Waals surface area contributed by atoms with Gasteiger partial charge in [0, 0.05) is 18.2 Å². The lowest BCUT2D eigenvalue weighted by Crippen LogP contribution is -2.02. The molecule has 0 bridgehead atoms. The third kappa shape index (κ3) is 6.52. The SMILES string of the molecule is CCCCCCCCOC(=O)/C=C/c1c(O)cc(O)cc1O. The number of phenols is 3. The number of unbranched alkanes of at least 4 members (excludes halogenated alkanes) is 5. The summed E-state index contributed by atoms with van der Waals surface area (Å²) in [6, 6.07) is 2.17. The van der Waals surface area contributed by atoms with Crippen molar-refractivity contribution in [1.29, 1.82) is 0 Å². The van der Waals surface area contributed by atoms with Gasteiger partial charge >= 0.3 is 5.97 Å². The van der Waals surface area contributed by atoms with Crippen LogP contribution in [0, 0.1) is 0 Å². The molecule has 1 rings (SSSR count). The maximum Gasteiger partial charge on any atom is 0.330 e. The van der Waals surface area contributed by atoms with Crippen molar-refractivity contribution in [2.75, 3.05) is 6.61 Å². The van der Waals surface area contributed by atoms with Crippen molar-refractivity contribution in [2.24, 2.45) is 0 Å². The van der Waals surface area contributed by atoms with Crippen molar-refractivity contribution in [2.45, 2.75) is 45.4 Å². The van der Waals surface area contributed by atoms with E-state index >= 15 is 0 Å². The van der Waals surface area contributed by atoms with Crippen molar-refractivity contribution in [1.82, 2.24) is 0 Å². The molecular formula is C17H24O5. The van der Waals surface area contributed by atoms with Crippen LogP contribution in [0.2, 0.25) is 0 Å². The second-order valence-corrected chi connectivity index (χ2v) is 5.17. The van der Waals surface area contributed by atoms with Crippen LogP contribution in [-0.4, -0.2) is 27.9 Å². The molecule has 0 aromatic heterocycles. The van der Waals surface area contributed by atoms with Crippen LogP contribution in [-0.2, 0) is 9.53 Å². The molecule has 0 aliphatic carbocycles. The van der Waals surface area contributed by atoms with Gasteiger partial charge in [-0.1, -0.05) is 39.0 Å². The minimum Gasteiger partial charge on any atom is -0.508 e. The summed E-state index contributed by atoms with van der Waals surface area (Å²) in [4.78, 5) is 11.5. The molecule has 0 spiro atoms. The molecule has 22 heavy (non-hydrogen) atoms. The molecule has 5 heteroatoms. The zero-order valence-corrected chi connectivity index (χ0v) is 12.9. The van der Waals surface area contributed by atoms with E-state index in [4.69, 9.17) is 4.74 Å². The maximum atomic E-state index is 11.5. The van der Waals surface area contributed by atoms with Crippen LogP contribution in [0.5, 0.6) is 17.2 Å². The molecule has 1 aromatic carbocycles. The van der Waals surface area contributed by atoms with E-state index in [-0.39, 0.29) is 22.8 Å². The van der Waals surface area contributed by atoms with Crippen molar-refractivity contribution in [3.05, 3.63) is 23.8 Å². The quantitative estimate of drug-likeness (QED) is 0.368. The standard InChI is InChI=1S/C17H24O5/c1-2-3-4-5-6-7-10-22-17(21)9-8-14-15(19)11-13(18)12-16(14)20/h8-9,11-12,18-20H,2-7,10H2,1H3/b9-8+. The monoisotopic (exact) mass is 308 g/mol. The van der Waals surface area contributed by atoms with Crippen LogP contribution in [0.15, 0.2) is 18.2 Å². The van der Waals surface area contributed by atoms with Crippen LogP contribution in [0.25, 0.3) is 6.08 Å². The van der Waals surface area contributed by atoms with Gasteiger partial charge in [-0.2, -0.15) is 0 Å². The van der Waals surface area contributed by atoms with Crippen LogP contribution >= 0.6 is 0 Å². The van der Waals surface area contributed by atoms with Gasteiger partial charge in [-0.3, -0.25) is 0 Å². The number of ether oxygens (including phenoxy) is 1. The number of carbonyl (C=O) groups excluding carboxylic acids is 1. The van der Waals surface area contributed by atoms with E-state index in [1.165, 1.54) is 25.3 Å². The van der Waals surface area contributed by atoms with Gasteiger partial charge < -0.3 is 20.1 Å². The van der Waals surface area contributed by atoms with Gasteiger partial charge in [0.15, 0.2) is 0 Å². The molecular weight excluding hydrogens is 284 g/mol. The number of rotatable bonds is 9. The largest absolute Gasteiger partial charge is 0.508 e. The van der Waals surface area contributed by atoms with Crippen molar-refractivity contribution in [3.8, 4) is 17.2 Å². The molecule has 0 saturated carbocycles. The smallest absolute Gasteiger partial charge is 0.330 e. The average molecular weight is 308 g/mol. The third-order valence-corrected chi connectivity index (χ3v) is 3.25. The van der Waals surface area contributed by atoms with Crippen LogP contribution < -0.4 is 0 Å². The summed E-state index contributed by atoms with van der Waals surface area (Å²) < 4.78 is 5.04. The molecule has 3 N–H and O–H groups in total. The zero-order valence-electron chi connectivity index (χ0n) is 12.9. The van der Waals surface area contributed by atoms with E-state index in [1.807, 2.05) is 0 Å². The summed E-state index contributed by atoms with van der Waals surface area (Å²) >= 11 is 0. The fourth-order valence-electron chi connectivity index (χ4n) is 2.03. The Bertz CT molecular complexity index is 485. The first-order valence-corrected chi connectivity index (χ1v) is 7.64. The molecule has 0 unspecified atom stereocenters. The van der Waals surface area contributed by atoms with Crippen molar-refractivity contribution >= 4 is 12.0 Å². The predicted molar refractivity (Wildman–Crippen MR) is 84.8 cm³/mol. The summed E-state index contributed by atoms with van der Waals surface area (Å²) in [5.74, 6) is -1.40. The average Bonchev–Trinajstić information content (AvgIpc) is 2.45. The van der Waals surface area contributed by atoms with E-state index in [0.717, 1.165) is 37.5 Å². The van der Waals surface area contributed by atoms with Crippen molar-refractivity contribution < 1.29 is 24.9 Å². The van der Waals surface area contributed by atoms with E-state index in [0.29, 0.717) is 6.61 Å². The fraction of sp³-hybridized carbons (Fsp3) is 0.471. The summed E-state index contributed by atoms with van der Waals surface area (Å²) in [6.45, 7) is 2.53. The second-order valence-electron chi connectivity index (χ2n) is 5.17. The minimum atomic E-state index is -0.527. The molecule has 0 saturated heterocycles. The fourth-order valence-corrected chi connectivity index (χ4v) is 2.03. The lowest BCUT2D eigenvalue weighted by Gasteiger charge is -2.04. The molecule has 0 aliphatic rings. The van der Waals surface area contributed by atoms with Crippen molar-refractivity contribution in [3.63, 3.8) is 0 Å². The van der Waals surface area contributed by atoms with Crippen LogP contribution in [0.4, 0.5) is 0 Å². The van der Waals surface area contributed by atoms with E-state index in [2.05, 4.69) is 6.92 Å². The Morgan fingerprint density at radius 3 is 2.27 bits per heavy atom. The normalized spacial score (nSPS) is 11.0. The van der Waals surface area contributed by atoms with Gasteiger partial charge in [0.25, 0.3) is 0 Å². The molecule has 5 nitrogen and oxygen atoms in total. The molecule has 0 atom stereocenters. The molecule has 0 heterocycles. The highest BCUT2D eigenvalue weighted by Crippen LogP contribution is 2.32. The molecule has 0 aliphatic heterocycles. The summed E-state index contributed by atoms with van der Waals surface area (Å²) in [5.41, 5.74) is 0.0642. The molecule has 122 valence electrons. The number of benzene rings is 1. The Balaban J connectivity index is 2.33. The minimum absolute atomic E-state index is 0.0642. The number of hydrogen-bond donors (Lipinski definition) is 3. The summed E-state index contributed by atoms with van der Waals surface area (Å²) in [5, 5.41) is 28.3. The maximum absolute atomic E-state index is 11.5. The van der Waals surface area contributed by atoms with Gasteiger partial charge in [0.1, 0.15) is 17.2 Å². The van der Waals surface area contributed by atoms with E-state index in [1.54, 1.807) is 0 Å². The summed E-state index contributed by atoms with van der Waals surface area (Å²) in [6.07, 6.45) is 9.07. The van der Waals surface area contributed by atoms with Gasteiger partial charge in [-0.25, -0.2) is 4.79 Å². The Kier molecular flexibility index (Phi) is 7.89. The highest BCUT2D eigenvalue weighted by atomic mass is 16.5. The Labute approximate surface area is 130 Å². The van der Waals surface area contributed by atoms with Crippen LogP contribution in [0.1, 0.15) is 51.0 Å².